The highest BCUT2D eigenvalue weighted by molar-refractivity contribution is 5.80. The van der Waals surface area contributed by atoms with Crippen LogP contribution in [0.3, 0.4) is 0 Å². The van der Waals surface area contributed by atoms with Crippen LogP contribution in [-0.4, -0.2) is 11.5 Å². The number of nitrogens with two attached hydrogens (primary N) is 1. The van der Waals surface area contributed by atoms with Crippen LogP contribution in [0.15, 0.2) is 30.3 Å². The number of hydrogen-bond donors (Lipinski definition) is 1. The van der Waals surface area contributed by atoms with Crippen molar-refractivity contribution in [3.63, 3.8) is 0 Å². The molecule has 98 valence electrons. The molecule has 0 bridgehead atoms. The molecule has 2 rings (SSSR count). The lowest BCUT2D eigenvalue weighted by molar-refractivity contribution is -0.152. The molecule has 1 aromatic carbocycles. The Morgan fingerprint density at radius 1 is 1.11 bits per heavy atom. The van der Waals surface area contributed by atoms with Gasteiger partial charge in [0.1, 0.15) is 12.1 Å². The Hall–Kier alpha value is -1.35. The minimum atomic E-state index is -0.759. The van der Waals surface area contributed by atoms with Gasteiger partial charge in [0.25, 0.3) is 0 Å². The van der Waals surface area contributed by atoms with Gasteiger partial charge < -0.3 is 10.5 Å². The summed E-state index contributed by atoms with van der Waals surface area (Å²) in [5.74, 6) is -0.242. The Morgan fingerprint density at radius 2 is 1.72 bits per heavy atom. The molecule has 0 radical (unpaired) electrons. The number of rotatable bonds is 3. The number of benzene rings is 1. The molecule has 0 heterocycles. The largest absolute Gasteiger partial charge is 0.459 e. The van der Waals surface area contributed by atoms with Gasteiger partial charge in [-0.05, 0) is 18.4 Å². The highest BCUT2D eigenvalue weighted by Crippen LogP contribution is 2.26. The molecule has 2 N–H and O–H groups in total. The molecule has 0 atom stereocenters. The van der Waals surface area contributed by atoms with Crippen molar-refractivity contribution in [2.45, 2.75) is 50.7 Å². The molecule has 18 heavy (non-hydrogen) atoms. The lowest BCUT2D eigenvalue weighted by Crippen LogP contribution is -2.48. The normalized spacial score (nSPS) is 18.9. The maximum absolute atomic E-state index is 12.1. The van der Waals surface area contributed by atoms with Crippen molar-refractivity contribution in [1.82, 2.24) is 0 Å². The van der Waals surface area contributed by atoms with E-state index >= 15 is 0 Å². The van der Waals surface area contributed by atoms with Crippen molar-refractivity contribution in [2.24, 2.45) is 5.73 Å². The number of hydrogen-bond acceptors (Lipinski definition) is 3. The van der Waals surface area contributed by atoms with Crippen molar-refractivity contribution in [3.8, 4) is 0 Å². The average Bonchev–Trinajstić information content (AvgIpc) is 2.63. The second-order valence-electron chi connectivity index (χ2n) is 5.13. The summed E-state index contributed by atoms with van der Waals surface area (Å²) in [4.78, 5) is 12.1. The Morgan fingerprint density at radius 3 is 2.33 bits per heavy atom. The molecule has 3 heteroatoms. The van der Waals surface area contributed by atoms with Gasteiger partial charge in [-0.1, -0.05) is 56.0 Å². The zero-order valence-electron chi connectivity index (χ0n) is 10.7. The molecule has 1 aliphatic rings. The van der Waals surface area contributed by atoms with Gasteiger partial charge in [-0.2, -0.15) is 0 Å². The summed E-state index contributed by atoms with van der Waals surface area (Å²) in [6, 6.07) is 9.72. The zero-order chi connectivity index (χ0) is 12.8. The Bertz CT molecular complexity index is 381. The van der Waals surface area contributed by atoms with E-state index in [-0.39, 0.29) is 5.97 Å². The lowest BCUT2D eigenvalue weighted by atomic mass is 9.92. The van der Waals surface area contributed by atoms with Gasteiger partial charge in [-0.3, -0.25) is 4.79 Å². The monoisotopic (exact) mass is 247 g/mol. The van der Waals surface area contributed by atoms with Crippen LogP contribution in [0, 0.1) is 0 Å². The smallest absolute Gasteiger partial charge is 0.326 e. The SMILES string of the molecule is NC1(C(=O)OCc2ccccc2)CCCCCC1. The molecule has 0 aliphatic heterocycles. The fraction of sp³-hybridized carbons (Fsp3) is 0.533. The first-order chi connectivity index (χ1) is 8.71. The number of carbonyl (C=O) groups excluding carboxylic acids is 1. The van der Waals surface area contributed by atoms with Crippen LogP contribution in [0.5, 0.6) is 0 Å². The van der Waals surface area contributed by atoms with Crippen LogP contribution in [0.2, 0.25) is 0 Å². The van der Waals surface area contributed by atoms with Crippen LogP contribution < -0.4 is 5.73 Å². The Labute approximate surface area is 108 Å². The maximum atomic E-state index is 12.1. The lowest BCUT2D eigenvalue weighted by Gasteiger charge is -2.25. The van der Waals surface area contributed by atoms with Crippen LogP contribution in [0.25, 0.3) is 0 Å². The van der Waals surface area contributed by atoms with Crippen molar-refractivity contribution in [1.29, 1.82) is 0 Å². The topological polar surface area (TPSA) is 52.3 Å². The second kappa shape index (κ2) is 6.01. The quantitative estimate of drug-likeness (QED) is 0.660. The fourth-order valence-corrected chi connectivity index (χ4v) is 2.43. The van der Waals surface area contributed by atoms with Crippen molar-refractivity contribution in [3.05, 3.63) is 35.9 Å². The van der Waals surface area contributed by atoms with Gasteiger partial charge in [0, 0.05) is 0 Å². The molecule has 1 fully saturated rings. The summed E-state index contributed by atoms with van der Waals surface area (Å²) >= 11 is 0. The summed E-state index contributed by atoms with van der Waals surface area (Å²) in [5, 5.41) is 0. The molecule has 0 aromatic heterocycles. The van der Waals surface area contributed by atoms with E-state index in [2.05, 4.69) is 0 Å². The van der Waals surface area contributed by atoms with Gasteiger partial charge in [0.15, 0.2) is 0 Å². The van der Waals surface area contributed by atoms with E-state index in [1.165, 1.54) is 12.8 Å². The van der Waals surface area contributed by atoms with Gasteiger partial charge in [0.05, 0.1) is 0 Å². The van der Waals surface area contributed by atoms with E-state index < -0.39 is 5.54 Å². The molecule has 3 nitrogen and oxygen atoms in total. The van der Waals surface area contributed by atoms with Crippen LogP contribution in [0.1, 0.15) is 44.1 Å². The van der Waals surface area contributed by atoms with E-state index in [0.29, 0.717) is 6.61 Å². The van der Waals surface area contributed by atoms with E-state index in [1.54, 1.807) is 0 Å². The third-order valence-electron chi connectivity index (χ3n) is 3.62. The highest BCUT2D eigenvalue weighted by atomic mass is 16.5. The molecule has 1 aromatic rings. The maximum Gasteiger partial charge on any atom is 0.326 e. The van der Waals surface area contributed by atoms with Gasteiger partial charge in [0.2, 0.25) is 0 Å². The van der Waals surface area contributed by atoms with E-state index in [1.807, 2.05) is 30.3 Å². The number of carbonyl (C=O) groups is 1. The van der Waals surface area contributed by atoms with Crippen molar-refractivity contribution < 1.29 is 9.53 Å². The summed E-state index contributed by atoms with van der Waals surface area (Å²) in [5.41, 5.74) is 6.44. The molecule has 1 aliphatic carbocycles. The standard InChI is InChI=1S/C15H21NO2/c16-15(10-6-1-2-7-11-15)14(17)18-12-13-8-4-3-5-9-13/h3-5,8-9H,1-2,6-7,10-12,16H2. The molecular formula is C15H21NO2. The van der Waals surface area contributed by atoms with E-state index in [4.69, 9.17) is 10.5 Å². The first kappa shape index (κ1) is 13.1. The highest BCUT2D eigenvalue weighted by Gasteiger charge is 2.35. The van der Waals surface area contributed by atoms with Gasteiger partial charge in [-0.15, -0.1) is 0 Å². The van der Waals surface area contributed by atoms with Crippen LogP contribution in [-0.2, 0) is 16.1 Å². The molecule has 0 amide bonds. The third-order valence-corrected chi connectivity index (χ3v) is 3.62. The number of ether oxygens (including phenoxy) is 1. The van der Waals surface area contributed by atoms with E-state index in [0.717, 1.165) is 31.2 Å². The van der Waals surface area contributed by atoms with Gasteiger partial charge >= 0.3 is 5.97 Å². The predicted molar refractivity (Wildman–Crippen MR) is 70.9 cm³/mol. The first-order valence-corrected chi connectivity index (χ1v) is 6.71. The summed E-state index contributed by atoms with van der Waals surface area (Å²) in [7, 11) is 0. The first-order valence-electron chi connectivity index (χ1n) is 6.71. The van der Waals surface area contributed by atoms with E-state index in [9.17, 15) is 4.79 Å². The Balaban J connectivity index is 1.90. The number of esters is 1. The zero-order valence-corrected chi connectivity index (χ0v) is 10.7. The fourth-order valence-electron chi connectivity index (χ4n) is 2.43. The summed E-state index contributed by atoms with van der Waals surface area (Å²) in [6.45, 7) is 0.318. The Kier molecular flexibility index (Phi) is 4.37. The molecule has 0 saturated heterocycles. The minimum absolute atomic E-state index is 0.242. The van der Waals surface area contributed by atoms with Crippen LogP contribution in [0.4, 0.5) is 0 Å². The summed E-state index contributed by atoms with van der Waals surface area (Å²) < 4.78 is 5.36. The predicted octanol–water partition coefficient (Wildman–Crippen LogP) is 2.78. The molecule has 0 spiro atoms. The molecular weight excluding hydrogens is 226 g/mol. The van der Waals surface area contributed by atoms with Crippen LogP contribution >= 0.6 is 0 Å². The summed E-state index contributed by atoms with van der Waals surface area (Å²) in [6.07, 6.45) is 5.89. The van der Waals surface area contributed by atoms with Crippen molar-refractivity contribution >= 4 is 5.97 Å². The minimum Gasteiger partial charge on any atom is -0.459 e. The van der Waals surface area contributed by atoms with Gasteiger partial charge in [-0.25, -0.2) is 0 Å². The molecule has 0 unspecified atom stereocenters. The molecule has 1 saturated carbocycles. The third kappa shape index (κ3) is 3.33. The van der Waals surface area contributed by atoms with Crippen molar-refractivity contribution in [2.75, 3.05) is 0 Å². The average molecular weight is 247 g/mol. The second-order valence-corrected chi connectivity index (χ2v) is 5.13.